The molecule has 0 spiro atoms. The molecule has 2 amide bonds. The normalized spacial score (nSPS) is 12.0. The van der Waals surface area contributed by atoms with Crippen LogP contribution >= 0.6 is 11.6 Å². The van der Waals surface area contributed by atoms with E-state index in [9.17, 15) is 18.0 Å². The van der Waals surface area contributed by atoms with Crippen molar-refractivity contribution in [3.8, 4) is 0 Å². The van der Waals surface area contributed by atoms with Crippen LogP contribution in [0.15, 0.2) is 108 Å². The van der Waals surface area contributed by atoms with Crippen molar-refractivity contribution in [2.75, 3.05) is 17.4 Å². The van der Waals surface area contributed by atoms with Gasteiger partial charge in [0.05, 0.1) is 10.6 Å². The molecule has 4 rings (SSSR count). The van der Waals surface area contributed by atoms with Crippen LogP contribution in [-0.2, 0) is 32.6 Å². The van der Waals surface area contributed by atoms with Gasteiger partial charge in [0.15, 0.2) is 0 Å². The van der Waals surface area contributed by atoms with Crippen LogP contribution in [0, 0.1) is 6.92 Å². The van der Waals surface area contributed by atoms with E-state index in [1.165, 1.54) is 4.90 Å². The molecule has 0 aromatic heterocycles. The van der Waals surface area contributed by atoms with Gasteiger partial charge in [0.2, 0.25) is 11.8 Å². The van der Waals surface area contributed by atoms with Crippen LogP contribution < -0.4 is 9.62 Å². The minimum Gasteiger partial charge on any atom is -0.355 e. The van der Waals surface area contributed by atoms with Crippen LogP contribution in [0.4, 0.5) is 5.69 Å². The Kier molecular flexibility index (Phi) is 11.4. The molecule has 4 aromatic carbocycles. The van der Waals surface area contributed by atoms with E-state index in [1.54, 1.807) is 60.7 Å². The summed E-state index contributed by atoms with van der Waals surface area (Å²) in [5.41, 5.74) is 3.94. The Labute approximate surface area is 271 Å². The number of aryl methyl sites for hydroxylation is 1. The van der Waals surface area contributed by atoms with Crippen molar-refractivity contribution in [1.82, 2.24) is 10.2 Å². The van der Waals surface area contributed by atoms with E-state index in [1.807, 2.05) is 56.3 Å². The molecule has 0 saturated carbocycles. The molecule has 9 heteroatoms. The molecular formula is C36H40ClN3O4S. The summed E-state index contributed by atoms with van der Waals surface area (Å²) in [5.74, 6) is -0.591. The maximum absolute atomic E-state index is 14.5. The lowest BCUT2D eigenvalue weighted by atomic mass is 10.0. The molecule has 0 fully saturated rings. The van der Waals surface area contributed by atoms with Gasteiger partial charge < -0.3 is 10.2 Å². The van der Waals surface area contributed by atoms with E-state index in [0.717, 1.165) is 26.6 Å². The number of nitrogens with zero attached hydrogens (tertiary/aromatic N) is 2. The summed E-state index contributed by atoms with van der Waals surface area (Å²) < 4.78 is 29.5. The first-order chi connectivity index (χ1) is 21.5. The average molecular weight is 646 g/mol. The Bertz CT molecular complexity index is 1680. The number of benzene rings is 4. The van der Waals surface area contributed by atoms with E-state index >= 15 is 0 Å². The van der Waals surface area contributed by atoms with Crippen LogP contribution in [0.2, 0.25) is 5.02 Å². The first kappa shape index (κ1) is 33.7. The van der Waals surface area contributed by atoms with Crippen molar-refractivity contribution in [3.05, 3.63) is 130 Å². The number of carbonyl (C=O) groups excluding carboxylic acids is 2. The maximum Gasteiger partial charge on any atom is 0.264 e. The van der Waals surface area contributed by atoms with Crippen molar-refractivity contribution in [1.29, 1.82) is 0 Å². The van der Waals surface area contributed by atoms with Crippen molar-refractivity contribution in [2.45, 2.75) is 57.5 Å². The summed E-state index contributed by atoms with van der Waals surface area (Å²) in [6.45, 7) is 7.77. The Morgan fingerprint density at radius 1 is 0.822 bits per heavy atom. The zero-order valence-corrected chi connectivity index (χ0v) is 27.7. The fourth-order valence-electron chi connectivity index (χ4n) is 5.02. The molecule has 236 valence electrons. The second-order valence-electron chi connectivity index (χ2n) is 11.3. The molecule has 1 atom stereocenters. The van der Waals surface area contributed by atoms with Crippen LogP contribution in [0.5, 0.6) is 0 Å². The number of hydrogen-bond donors (Lipinski definition) is 1. The lowest BCUT2D eigenvalue weighted by Crippen LogP contribution is -2.53. The van der Waals surface area contributed by atoms with Gasteiger partial charge in [0, 0.05) is 24.5 Å². The molecule has 45 heavy (non-hydrogen) atoms. The van der Waals surface area contributed by atoms with E-state index in [2.05, 4.69) is 19.2 Å². The fraction of sp³-hybridized carbons (Fsp3) is 0.278. The third-order valence-electron chi connectivity index (χ3n) is 7.62. The summed E-state index contributed by atoms with van der Waals surface area (Å²) in [7, 11) is -4.16. The van der Waals surface area contributed by atoms with E-state index < -0.39 is 28.5 Å². The molecule has 0 aliphatic carbocycles. The van der Waals surface area contributed by atoms with Crippen molar-refractivity contribution in [2.24, 2.45) is 0 Å². The van der Waals surface area contributed by atoms with E-state index in [-0.39, 0.29) is 29.7 Å². The Morgan fingerprint density at radius 2 is 1.44 bits per heavy atom. The molecule has 0 bridgehead atoms. The first-order valence-corrected chi connectivity index (χ1v) is 16.9. The predicted octanol–water partition coefficient (Wildman–Crippen LogP) is 6.74. The monoisotopic (exact) mass is 645 g/mol. The Balaban J connectivity index is 1.80. The smallest absolute Gasteiger partial charge is 0.264 e. The topological polar surface area (TPSA) is 86.8 Å². The van der Waals surface area contributed by atoms with E-state index in [0.29, 0.717) is 17.3 Å². The number of halogens is 1. The van der Waals surface area contributed by atoms with Crippen molar-refractivity contribution in [3.63, 3.8) is 0 Å². The molecule has 0 saturated heterocycles. The molecule has 0 radical (unpaired) electrons. The van der Waals surface area contributed by atoms with Crippen LogP contribution in [0.1, 0.15) is 48.9 Å². The summed E-state index contributed by atoms with van der Waals surface area (Å²) in [4.78, 5) is 29.6. The summed E-state index contributed by atoms with van der Waals surface area (Å²) in [5, 5.41) is 3.42. The number of hydrogen-bond acceptors (Lipinski definition) is 4. The minimum atomic E-state index is -4.16. The zero-order valence-electron chi connectivity index (χ0n) is 26.1. The van der Waals surface area contributed by atoms with Gasteiger partial charge in [-0.3, -0.25) is 13.9 Å². The highest BCUT2D eigenvalue weighted by Gasteiger charge is 2.34. The predicted molar refractivity (Wildman–Crippen MR) is 181 cm³/mol. The maximum atomic E-state index is 14.5. The van der Waals surface area contributed by atoms with Gasteiger partial charge in [0.1, 0.15) is 12.6 Å². The molecule has 4 aromatic rings. The highest BCUT2D eigenvalue weighted by Crippen LogP contribution is 2.27. The molecule has 0 heterocycles. The highest BCUT2D eigenvalue weighted by atomic mass is 35.5. The third kappa shape index (κ3) is 8.74. The second-order valence-corrected chi connectivity index (χ2v) is 13.6. The average Bonchev–Trinajstić information content (AvgIpc) is 3.03. The van der Waals surface area contributed by atoms with Crippen molar-refractivity contribution < 1.29 is 18.0 Å². The molecule has 7 nitrogen and oxygen atoms in total. The number of nitrogens with one attached hydrogen (secondary N) is 1. The number of sulfonamides is 1. The Hall–Kier alpha value is -4.14. The third-order valence-corrected chi connectivity index (χ3v) is 9.66. The summed E-state index contributed by atoms with van der Waals surface area (Å²) in [6, 6.07) is 29.4. The van der Waals surface area contributed by atoms with Gasteiger partial charge in [0.25, 0.3) is 10.0 Å². The van der Waals surface area contributed by atoms with Crippen LogP contribution in [0.25, 0.3) is 0 Å². The standard InChI is InChI=1S/C36H40ClN3O4S/c1-5-38-36(42)34(23-28-9-7-6-8-10-28)39(24-29-13-17-31(37)18-14-29)35(41)25-40(32-19-15-30(16-20-32)26(2)3)45(43,44)33-21-11-27(4)12-22-33/h6-22,26,34H,5,23-25H2,1-4H3,(H,38,42)/t34-/m0/s1. The number of carbonyl (C=O) groups is 2. The quantitative estimate of drug-likeness (QED) is 0.174. The van der Waals surface area contributed by atoms with Crippen LogP contribution in [-0.4, -0.2) is 44.3 Å². The highest BCUT2D eigenvalue weighted by molar-refractivity contribution is 7.92. The molecule has 1 N–H and O–H groups in total. The SMILES string of the molecule is CCNC(=O)[C@H](Cc1ccccc1)N(Cc1ccc(Cl)cc1)C(=O)CN(c1ccc(C(C)C)cc1)S(=O)(=O)c1ccc(C)cc1. The second kappa shape index (κ2) is 15.2. The Morgan fingerprint density at radius 3 is 2.02 bits per heavy atom. The van der Waals surface area contributed by atoms with Gasteiger partial charge in [-0.25, -0.2) is 8.42 Å². The molecular weight excluding hydrogens is 606 g/mol. The minimum absolute atomic E-state index is 0.0719. The summed E-state index contributed by atoms with van der Waals surface area (Å²) >= 11 is 6.14. The number of amides is 2. The first-order valence-electron chi connectivity index (χ1n) is 15.0. The van der Waals surface area contributed by atoms with Crippen LogP contribution in [0.3, 0.4) is 0 Å². The van der Waals surface area contributed by atoms with Gasteiger partial charge in [-0.2, -0.15) is 0 Å². The lowest BCUT2D eigenvalue weighted by Gasteiger charge is -2.34. The van der Waals surface area contributed by atoms with Crippen molar-refractivity contribution >= 4 is 39.1 Å². The zero-order chi connectivity index (χ0) is 32.6. The van der Waals surface area contributed by atoms with Gasteiger partial charge in [-0.1, -0.05) is 97.7 Å². The molecule has 0 aliphatic heterocycles. The number of rotatable bonds is 13. The molecule has 0 unspecified atom stereocenters. The number of anilines is 1. The van der Waals surface area contributed by atoms with Gasteiger partial charge in [-0.15, -0.1) is 0 Å². The fourth-order valence-corrected chi connectivity index (χ4v) is 6.56. The van der Waals surface area contributed by atoms with E-state index in [4.69, 9.17) is 11.6 Å². The lowest BCUT2D eigenvalue weighted by molar-refractivity contribution is -0.140. The number of likely N-dealkylation sites (N-methyl/N-ethyl adjacent to an activating group) is 1. The summed E-state index contributed by atoms with van der Waals surface area (Å²) in [6.07, 6.45) is 0.250. The molecule has 0 aliphatic rings. The van der Waals surface area contributed by atoms with Gasteiger partial charge >= 0.3 is 0 Å². The van der Waals surface area contributed by atoms with Gasteiger partial charge in [-0.05, 0) is 72.9 Å². The largest absolute Gasteiger partial charge is 0.355 e.